The van der Waals surface area contributed by atoms with E-state index >= 15 is 24.0 Å². The molecule has 8 heterocycles. The molecule has 36 nitrogen and oxygen atoms in total. The average molecular weight is 1610 g/mol. The molecule has 8 aliphatic rings. The van der Waals surface area contributed by atoms with Crippen LogP contribution in [0.1, 0.15) is 139 Å². The SMILES string of the molecule is CN[C@H](CC(C)C)C(=O)N[C@H]1C(=O)N[C@@H](CC(N)=O)C(=O)N[C@H]2C(=O)N[C@H]3C(=O)N[C@H](C(=O)N[C@H](C(=O)NCC(C)C)c4cc(O)cc(O)c4-c4cc3ccc4O)[C@H](O[C@H]3C[C@](C)(N)[C@@H](O)[C@H](C)O3)c3ccc(cc3)Oc3cc2cc(c3O[C@@H]2O[C@H](CO)[C@@H](O)[C@H](O)[C@H]2O[C@H]2C[C@](C)(N)[C@@H](O)[C@H](C)O2)Oc2ccc(cc2Cl)[C@H]1O. The van der Waals surface area contributed by atoms with E-state index in [1.54, 1.807) is 13.8 Å². The molecule has 13 rings (SSSR count). The summed E-state index contributed by atoms with van der Waals surface area (Å²) in [7, 11) is 1.49. The van der Waals surface area contributed by atoms with Crippen LogP contribution in [0.3, 0.4) is 0 Å². The van der Waals surface area contributed by atoms with Gasteiger partial charge < -0.3 is 144 Å². The Hall–Kier alpha value is -9.61. The van der Waals surface area contributed by atoms with Crippen LogP contribution < -0.4 is 73.9 Å². The number of phenols is 3. The number of fused-ring (bicyclic) bond motifs is 15. The van der Waals surface area contributed by atoms with Gasteiger partial charge in [0.15, 0.2) is 30.2 Å². The average Bonchev–Trinajstić information content (AvgIpc) is 0.764. The van der Waals surface area contributed by atoms with E-state index < -0.39 is 239 Å². The maximum atomic E-state index is 16.5. The Kier molecular flexibility index (Phi) is 26.1. The number of rotatable bonds is 17. The molecule has 8 amide bonds. The lowest BCUT2D eigenvalue weighted by atomic mass is 9.86. The summed E-state index contributed by atoms with van der Waals surface area (Å²) in [6, 6.07) is 2.75. The summed E-state index contributed by atoms with van der Waals surface area (Å²) in [5.41, 5.74) is 14.3. The van der Waals surface area contributed by atoms with Gasteiger partial charge in [-0.05, 0) is 135 Å². The molecule has 0 saturated carbocycles. The minimum Gasteiger partial charge on any atom is -0.508 e. The molecule has 114 heavy (non-hydrogen) atoms. The Morgan fingerprint density at radius 3 is 1.87 bits per heavy atom. The lowest BCUT2D eigenvalue weighted by Gasteiger charge is -2.47. The zero-order valence-corrected chi connectivity index (χ0v) is 64.5. The summed E-state index contributed by atoms with van der Waals surface area (Å²) in [6.45, 7) is 12.3. The first kappa shape index (κ1) is 85.3. The van der Waals surface area contributed by atoms with Crippen LogP contribution in [-0.2, 0) is 62.0 Å². The zero-order chi connectivity index (χ0) is 83.0. The molecule has 23 N–H and O–H groups in total. The summed E-state index contributed by atoms with van der Waals surface area (Å²) < 4.78 is 52.1. The van der Waals surface area contributed by atoms with Crippen molar-refractivity contribution in [2.75, 3.05) is 20.2 Å². The fourth-order valence-corrected chi connectivity index (χ4v) is 14.9. The first-order valence-electron chi connectivity index (χ1n) is 37.2. The number of carbonyl (C=O) groups excluding carboxylic acids is 8. The summed E-state index contributed by atoms with van der Waals surface area (Å²) in [4.78, 5) is 122. The van der Waals surface area contributed by atoms with E-state index in [-0.39, 0.29) is 82.0 Å². The van der Waals surface area contributed by atoms with Crippen LogP contribution >= 0.6 is 11.6 Å². The molecule has 8 aliphatic heterocycles. The lowest BCUT2D eigenvalue weighted by molar-refractivity contribution is -0.333. The van der Waals surface area contributed by atoms with E-state index in [2.05, 4.69) is 42.5 Å². The number of benzene rings is 5. The maximum Gasteiger partial charge on any atom is 0.248 e. The van der Waals surface area contributed by atoms with Gasteiger partial charge in [-0.25, -0.2) is 0 Å². The predicted octanol–water partition coefficient (Wildman–Crippen LogP) is 0.378. The molecule has 0 unspecified atom stereocenters. The largest absolute Gasteiger partial charge is 0.508 e. The van der Waals surface area contributed by atoms with Crippen molar-refractivity contribution in [2.24, 2.45) is 29.0 Å². The lowest BCUT2D eigenvalue weighted by Crippen LogP contribution is -2.64. The molecule has 3 fully saturated rings. The first-order chi connectivity index (χ1) is 53.7. The normalized spacial score (nSPS) is 31.5. The van der Waals surface area contributed by atoms with Crippen LogP contribution in [0.4, 0.5) is 0 Å². The highest BCUT2D eigenvalue weighted by Gasteiger charge is 2.52. The van der Waals surface area contributed by atoms with Crippen molar-refractivity contribution in [1.29, 1.82) is 0 Å². The van der Waals surface area contributed by atoms with Gasteiger partial charge in [0.2, 0.25) is 59.3 Å². The van der Waals surface area contributed by atoms with E-state index in [4.69, 9.17) is 66.7 Å². The number of aliphatic hydroxyl groups excluding tert-OH is 6. The summed E-state index contributed by atoms with van der Waals surface area (Å²) in [5, 5.41) is 125. The Bertz CT molecular complexity index is 4440. The number of hydrogen-bond acceptors (Lipinski definition) is 28. The Balaban J connectivity index is 1.19. The highest BCUT2D eigenvalue weighted by molar-refractivity contribution is 6.32. The molecule has 618 valence electrons. The molecular weight excluding hydrogens is 1510 g/mol. The molecule has 5 aromatic carbocycles. The van der Waals surface area contributed by atoms with Gasteiger partial charge >= 0.3 is 0 Å². The van der Waals surface area contributed by atoms with Crippen molar-refractivity contribution < 1.29 is 122 Å². The van der Waals surface area contributed by atoms with Gasteiger partial charge in [0.25, 0.3) is 0 Å². The van der Waals surface area contributed by atoms with Crippen molar-refractivity contribution in [3.8, 4) is 57.1 Å². The second-order valence-electron chi connectivity index (χ2n) is 30.9. The van der Waals surface area contributed by atoms with Crippen LogP contribution in [-0.4, -0.2) is 216 Å². The van der Waals surface area contributed by atoms with Gasteiger partial charge in [0, 0.05) is 47.7 Å². The second-order valence-corrected chi connectivity index (χ2v) is 31.3. The fraction of sp³-hybridized carbons (Fsp3) is 0.506. The van der Waals surface area contributed by atoms with Crippen molar-refractivity contribution in [3.05, 3.63) is 118 Å². The third-order valence-corrected chi connectivity index (χ3v) is 21.1. The van der Waals surface area contributed by atoms with Crippen LogP contribution in [0.15, 0.2) is 84.9 Å². The number of amides is 8. The van der Waals surface area contributed by atoms with E-state index in [0.29, 0.717) is 0 Å². The zero-order valence-electron chi connectivity index (χ0n) is 63.7. The smallest absolute Gasteiger partial charge is 0.248 e. The Morgan fingerprint density at radius 2 is 1.26 bits per heavy atom. The number of carbonyl (C=O) groups is 8. The molecule has 22 atom stereocenters. The van der Waals surface area contributed by atoms with Gasteiger partial charge in [-0.3, -0.25) is 38.4 Å². The molecule has 0 radical (unpaired) electrons. The number of nitrogens with one attached hydrogen (secondary N) is 8. The number of likely N-dealkylation sites (N-methyl/N-ethyl adjacent to an activating group) is 1. The fourth-order valence-electron chi connectivity index (χ4n) is 14.6. The number of primary amides is 1. The highest BCUT2D eigenvalue weighted by atomic mass is 35.5. The number of halogens is 1. The van der Waals surface area contributed by atoms with Crippen LogP contribution in [0.2, 0.25) is 5.02 Å². The van der Waals surface area contributed by atoms with E-state index in [1.165, 1.54) is 71.1 Å². The quantitative estimate of drug-likeness (QED) is 0.0598. The van der Waals surface area contributed by atoms with Gasteiger partial charge in [-0.2, -0.15) is 0 Å². The van der Waals surface area contributed by atoms with Crippen LogP contribution in [0.5, 0.6) is 46.0 Å². The summed E-state index contributed by atoms with van der Waals surface area (Å²) >= 11 is 7.16. The Morgan fingerprint density at radius 1 is 0.658 bits per heavy atom. The van der Waals surface area contributed by atoms with Gasteiger partial charge in [0.05, 0.1) is 48.5 Å². The number of aliphatic hydroxyl groups is 6. The minimum atomic E-state index is -2.33. The number of hydrogen-bond donors (Lipinski definition) is 20. The number of aromatic hydroxyl groups is 3. The predicted molar refractivity (Wildman–Crippen MR) is 401 cm³/mol. The second kappa shape index (κ2) is 34.8. The van der Waals surface area contributed by atoms with E-state index in [9.17, 15) is 60.3 Å². The van der Waals surface area contributed by atoms with E-state index in [0.717, 1.165) is 48.5 Å². The summed E-state index contributed by atoms with van der Waals surface area (Å²) in [6.07, 6.45) is -22.1. The maximum absolute atomic E-state index is 16.5. The summed E-state index contributed by atoms with van der Waals surface area (Å²) in [5.74, 6) is -14.2. The standard InChI is InChI=1S/C77H98ClN11O25/c1-30(2)18-43(82-9)68(100)88-58-60(95)36-13-17-47(42(78)20-36)110-49-22-37-21-48(64(49)114-75-65(62(97)61(96)50(29-90)111-75)113-53-27-77(8,81)67(99)33(6)108-53)109-39-14-10-34(11-15-39)63(112-52-26-76(7,80)66(98)32(5)107-52)59-74(106)87-57(70(102)83-28-31(3)4)41-23-38(91)24-46(93)54(41)40-19-35(12-16-45(40)92)55(71(103)89-59)86-72(104)56(37)85-69(101)44(25-51(79)94)84-73(58)105/h10-17,19-24,30-33,43-44,50,52-53,55-63,65-67,75,82,90-93,95-99H,18,25-29,80-81H2,1-9H3,(H2,79,94)(H,83,102)(H,84,105)(H,85,101)(H,86,104)(H,87,106)(H,88,100)(H,89,103)/t32-,33-,43+,44-,50+,52-,53-,55+,56+,57-,58+,59-,60+,61+,62-,63+,65+,66-,67-,75-,76-,77-/m0/s1. The third-order valence-electron chi connectivity index (χ3n) is 20.8. The number of nitrogens with two attached hydrogens (primary N) is 3. The molecule has 11 bridgehead atoms. The first-order valence-corrected chi connectivity index (χ1v) is 37.5. The van der Waals surface area contributed by atoms with Crippen LogP contribution in [0.25, 0.3) is 11.1 Å². The topological polar surface area (TPSA) is 567 Å². The molecule has 0 aliphatic carbocycles. The minimum absolute atomic E-state index is 0.00195. The highest BCUT2D eigenvalue weighted by Crippen LogP contribution is 2.50. The molecule has 0 spiro atoms. The molecule has 0 aromatic heterocycles. The number of phenolic OH excluding ortho intramolecular Hbond substituents is 3. The molecule has 5 aromatic rings. The monoisotopic (exact) mass is 1610 g/mol. The van der Waals surface area contributed by atoms with Crippen LogP contribution in [0, 0.1) is 11.8 Å². The molecule has 37 heteroatoms. The van der Waals surface area contributed by atoms with Gasteiger partial charge in [-0.1, -0.05) is 63.6 Å². The van der Waals surface area contributed by atoms with E-state index in [1.807, 2.05) is 13.8 Å². The molecular formula is C77H98ClN11O25. The third kappa shape index (κ3) is 18.7. The number of ether oxygens (including phenoxy) is 8. The van der Waals surface area contributed by atoms with Crippen molar-refractivity contribution in [1.82, 2.24) is 42.5 Å². The van der Waals surface area contributed by atoms with Crippen molar-refractivity contribution in [3.63, 3.8) is 0 Å². The Labute approximate surface area is 659 Å². The van der Waals surface area contributed by atoms with Gasteiger partial charge in [0.1, 0.15) is 95.5 Å². The molecule has 3 saturated heterocycles. The van der Waals surface area contributed by atoms with Crippen molar-refractivity contribution >= 4 is 58.9 Å². The van der Waals surface area contributed by atoms with Crippen molar-refractivity contribution in [2.45, 2.75) is 214 Å². The van der Waals surface area contributed by atoms with Gasteiger partial charge in [-0.15, -0.1) is 0 Å².